The highest BCUT2D eigenvalue weighted by Gasteiger charge is 2.46. The Labute approximate surface area is 92.3 Å². The van der Waals surface area contributed by atoms with Gasteiger partial charge in [0.2, 0.25) is 0 Å². The average molecular weight is 213 g/mol. The third-order valence-electron chi connectivity index (χ3n) is 3.28. The quantitative estimate of drug-likeness (QED) is 0.740. The van der Waals surface area contributed by atoms with Crippen LogP contribution in [0, 0.1) is 5.92 Å². The number of rotatable bonds is 2. The average Bonchev–Trinajstić information content (AvgIpc) is 2.06. The van der Waals surface area contributed by atoms with E-state index in [1.54, 1.807) is 0 Å². The van der Waals surface area contributed by atoms with Crippen molar-refractivity contribution in [3.05, 3.63) is 0 Å². The first-order valence-electron chi connectivity index (χ1n) is 5.81. The first kappa shape index (κ1) is 12.5. The molecule has 3 heteroatoms. The number of nitrogens with one attached hydrogen (secondary N) is 1. The lowest BCUT2D eigenvalue weighted by Crippen LogP contribution is -2.63. The molecule has 88 valence electrons. The molecule has 3 nitrogen and oxygen atoms in total. The van der Waals surface area contributed by atoms with Crippen LogP contribution in [0.15, 0.2) is 0 Å². The Morgan fingerprint density at radius 2 is 2.00 bits per heavy atom. The van der Waals surface area contributed by atoms with Gasteiger partial charge in [-0.1, -0.05) is 19.8 Å². The molecule has 1 aliphatic carbocycles. The molecule has 0 bridgehead atoms. The maximum Gasteiger partial charge on any atom is 0.324 e. The highest BCUT2D eigenvalue weighted by atomic mass is 16.4. The minimum absolute atomic E-state index is 0.149. The van der Waals surface area contributed by atoms with Crippen molar-refractivity contribution in [3.8, 4) is 0 Å². The minimum atomic E-state index is -0.712. The van der Waals surface area contributed by atoms with Crippen LogP contribution in [0.25, 0.3) is 0 Å². The van der Waals surface area contributed by atoms with E-state index >= 15 is 0 Å². The molecule has 2 unspecified atom stereocenters. The van der Waals surface area contributed by atoms with Gasteiger partial charge in [0.05, 0.1) is 0 Å². The zero-order chi connectivity index (χ0) is 11.7. The molecule has 0 spiro atoms. The van der Waals surface area contributed by atoms with Gasteiger partial charge in [-0.3, -0.25) is 10.1 Å². The molecule has 2 atom stereocenters. The number of carboxylic acids is 1. The van der Waals surface area contributed by atoms with Gasteiger partial charge in [0.15, 0.2) is 0 Å². The molecule has 1 saturated carbocycles. The summed E-state index contributed by atoms with van der Waals surface area (Å²) in [6.07, 6.45) is 3.93. The molecule has 0 heterocycles. The molecule has 0 aromatic rings. The number of carboxylic acid groups (broad SMARTS) is 1. The van der Waals surface area contributed by atoms with Crippen molar-refractivity contribution in [1.29, 1.82) is 0 Å². The smallest absolute Gasteiger partial charge is 0.324 e. The summed E-state index contributed by atoms with van der Waals surface area (Å²) in [6.45, 7) is 8.13. The second-order valence-corrected chi connectivity index (χ2v) is 5.80. The molecular formula is C12H23NO2. The van der Waals surface area contributed by atoms with E-state index in [2.05, 4.69) is 5.32 Å². The Hall–Kier alpha value is -0.570. The lowest BCUT2D eigenvalue weighted by molar-refractivity contribution is -0.150. The molecule has 15 heavy (non-hydrogen) atoms. The third-order valence-corrected chi connectivity index (χ3v) is 3.28. The van der Waals surface area contributed by atoms with Crippen molar-refractivity contribution < 1.29 is 9.90 Å². The standard InChI is InChI=1S/C12H23NO2/c1-9-7-5-6-8-12(9,10(14)15)13-11(2,3)4/h9,13H,5-8H2,1-4H3,(H,14,15). The van der Waals surface area contributed by atoms with Crippen LogP contribution < -0.4 is 5.32 Å². The maximum absolute atomic E-state index is 11.5. The van der Waals surface area contributed by atoms with Crippen LogP contribution >= 0.6 is 0 Å². The number of hydrogen-bond acceptors (Lipinski definition) is 2. The largest absolute Gasteiger partial charge is 0.480 e. The van der Waals surface area contributed by atoms with E-state index in [-0.39, 0.29) is 11.5 Å². The fourth-order valence-electron chi connectivity index (χ4n) is 2.57. The Bertz CT molecular complexity index is 244. The molecule has 0 amide bonds. The van der Waals surface area contributed by atoms with E-state index < -0.39 is 11.5 Å². The number of carbonyl (C=O) groups is 1. The van der Waals surface area contributed by atoms with Crippen LogP contribution in [-0.2, 0) is 4.79 Å². The van der Waals surface area contributed by atoms with Gasteiger partial charge in [0, 0.05) is 5.54 Å². The van der Waals surface area contributed by atoms with Crippen LogP contribution in [0.1, 0.15) is 53.4 Å². The molecular weight excluding hydrogens is 190 g/mol. The third kappa shape index (κ3) is 2.71. The van der Waals surface area contributed by atoms with Gasteiger partial charge in [0.1, 0.15) is 5.54 Å². The topological polar surface area (TPSA) is 49.3 Å². The number of hydrogen-bond donors (Lipinski definition) is 2. The molecule has 1 aliphatic rings. The predicted octanol–water partition coefficient (Wildman–Crippen LogP) is 2.41. The second-order valence-electron chi connectivity index (χ2n) is 5.80. The van der Waals surface area contributed by atoms with Gasteiger partial charge in [-0.25, -0.2) is 0 Å². The molecule has 0 aromatic carbocycles. The normalized spacial score (nSPS) is 32.7. The Kier molecular flexibility index (Phi) is 3.44. The van der Waals surface area contributed by atoms with Crippen LogP contribution in [0.4, 0.5) is 0 Å². The summed E-state index contributed by atoms with van der Waals surface area (Å²) in [5.41, 5.74) is -0.861. The van der Waals surface area contributed by atoms with Crippen molar-refractivity contribution in [2.75, 3.05) is 0 Å². The first-order valence-corrected chi connectivity index (χ1v) is 5.81. The van der Waals surface area contributed by atoms with Crippen molar-refractivity contribution in [2.45, 2.75) is 64.5 Å². The summed E-state index contributed by atoms with van der Waals surface area (Å²) in [6, 6.07) is 0. The van der Waals surface area contributed by atoms with Crippen LogP contribution in [-0.4, -0.2) is 22.2 Å². The Morgan fingerprint density at radius 1 is 1.40 bits per heavy atom. The Morgan fingerprint density at radius 3 is 2.40 bits per heavy atom. The van der Waals surface area contributed by atoms with Crippen molar-refractivity contribution in [1.82, 2.24) is 5.32 Å². The molecule has 2 N–H and O–H groups in total. The van der Waals surface area contributed by atoms with Gasteiger partial charge in [-0.05, 0) is 39.5 Å². The molecule has 0 radical (unpaired) electrons. The molecule has 1 rings (SSSR count). The summed E-state index contributed by atoms with van der Waals surface area (Å²) in [5, 5.41) is 12.8. The van der Waals surface area contributed by atoms with E-state index in [1.165, 1.54) is 0 Å². The lowest BCUT2D eigenvalue weighted by atomic mass is 9.72. The van der Waals surface area contributed by atoms with Gasteiger partial charge >= 0.3 is 5.97 Å². The molecule has 0 aliphatic heterocycles. The monoisotopic (exact) mass is 213 g/mol. The minimum Gasteiger partial charge on any atom is -0.480 e. The number of aliphatic carboxylic acids is 1. The summed E-state index contributed by atoms with van der Waals surface area (Å²) < 4.78 is 0. The van der Waals surface area contributed by atoms with Gasteiger partial charge in [0.25, 0.3) is 0 Å². The summed E-state index contributed by atoms with van der Waals surface area (Å²) in [7, 11) is 0. The predicted molar refractivity (Wildman–Crippen MR) is 60.9 cm³/mol. The van der Waals surface area contributed by atoms with Crippen molar-refractivity contribution >= 4 is 5.97 Å². The molecule has 1 fully saturated rings. The van der Waals surface area contributed by atoms with E-state index in [1.807, 2.05) is 27.7 Å². The zero-order valence-electron chi connectivity index (χ0n) is 10.3. The van der Waals surface area contributed by atoms with Gasteiger partial charge in [-0.15, -0.1) is 0 Å². The van der Waals surface area contributed by atoms with Crippen LogP contribution in [0.3, 0.4) is 0 Å². The summed E-state index contributed by atoms with van der Waals surface area (Å²) >= 11 is 0. The van der Waals surface area contributed by atoms with E-state index in [0.717, 1.165) is 25.7 Å². The van der Waals surface area contributed by atoms with Gasteiger partial charge < -0.3 is 5.11 Å². The maximum atomic E-state index is 11.5. The highest BCUT2D eigenvalue weighted by molar-refractivity contribution is 5.79. The van der Waals surface area contributed by atoms with E-state index in [0.29, 0.717) is 0 Å². The van der Waals surface area contributed by atoms with Crippen molar-refractivity contribution in [2.24, 2.45) is 5.92 Å². The molecule has 0 saturated heterocycles. The summed E-state index contributed by atoms with van der Waals surface area (Å²) in [4.78, 5) is 11.5. The fraction of sp³-hybridized carbons (Fsp3) is 0.917. The second kappa shape index (κ2) is 4.12. The van der Waals surface area contributed by atoms with E-state index in [9.17, 15) is 9.90 Å². The van der Waals surface area contributed by atoms with Gasteiger partial charge in [-0.2, -0.15) is 0 Å². The summed E-state index contributed by atoms with van der Waals surface area (Å²) in [5.74, 6) is -0.479. The highest BCUT2D eigenvalue weighted by Crippen LogP contribution is 2.35. The van der Waals surface area contributed by atoms with Crippen LogP contribution in [0.2, 0.25) is 0 Å². The first-order chi connectivity index (χ1) is 6.78. The van der Waals surface area contributed by atoms with Crippen LogP contribution in [0.5, 0.6) is 0 Å². The van der Waals surface area contributed by atoms with Crippen molar-refractivity contribution in [3.63, 3.8) is 0 Å². The van der Waals surface area contributed by atoms with E-state index in [4.69, 9.17) is 0 Å². The fourth-order valence-corrected chi connectivity index (χ4v) is 2.57. The zero-order valence-corrected chi connectivity index (χ0v) is 10.3. The lowest BCUT2D eigenvalue weighted by Gasteiger charge is -2.44. The SMILES string of the molecule is CC1CCCCC1(NC(C)(C)C)C(=O)O. The Balaban J connectivity index is 2.91. The molecule has 0 aromatic heterocycles.